The van der Waals surface area contributed by atoms with E-state index in [1.54, 1.807) is 0 Å². The van der Waals surface area contributed by atoms with Crippen molar-refractivity contribution in [1.29, 1.82) is 0 Å². The minimum Gasteiger partial charge on any atom is -0.358 e. The van der Waals surface area contributed by atoms with Gasteiger partial charge in [0.1, 0.15) is 11.6 Å². The van der Waals surface area contributed by atoms with Crippen LogP contribution < -0.4 is 0 Å². The monoisotopic (exact) mass is 612 g/mol. The van der Waals surface area contributed by atoms with Gasteiger partial charge in [0, 0.05) is 25.7 Å². The van der Waals surface area contributed by atoms with Crippen molar-refractivity contribution < 1.29 is 30.0 Å². The molecule has 0 radical (unpaired) electrons. The number of ketones is 2. The Morgan fingerprint density at radius 3 is 0.718 bits per heavy atom. The largest absolute Gasteiger partial charge is 2.00 e. The summed E-state index contributed by atoms with van der Waals surface area (Å²) in [6.07, 6.45) is 6.02. The first kappa shape index (κ1) is 35.9. The summed E-state index contributed by atoms with van der Waals surface area (Å²) in [4.78, 5) is 23.6. The topological polar surface area (TPSA) is 34.1 Å². The minimum absolute atomic E-state index is 0. The quantitative estimate of drug-likeness (QED) is 0.119. The first-order valence-corrected chi connectivity index (χ1v) is 12.9. The first-order chi connectivity index (χ1) is 17.7. The molecule has 0 heterocycles. The Morgan fingerprint density at radius 1 is 0.359 bits per heavy atom. The second-order valence-electron chi connectivity index (χ2n) is 9.02. The number of hydrogen-bond donors (Lipinski definition) is 0. The number of aryl methyl sites for hydroxylation is 4. The van der Waals surface area contributed by atoms with Gasteiger partial charge >= 0.3 is 20.4 Å². The summed E-state index contributed by atoms with van der Waals surface area (Å²) in [7, 11) is 0. The molecule has 0 aliphatic rings. The van der Waals surface area contributed by atoms with Gasteiger partial charge in [-0.3, -0.25) is 9.59 Å². The summed E-state index contributed by atoms with van der Waals surface area (Å²) in [5.74, 6) is 0.699. The Bertz CT molecular complexity index is 958. The number of rotatable bonds is 12. The Morgan fingerprint density at radius 2 is 0.538 bits per heavy atom. The predicted molar refractivity (Wildman–Crippen MR) is 162 cm³/mol. The van der Waals surface area contributed by atoms with E-state index in [4.69, 9.17) is 0 Å². The molecule has 0 unspecified atom stereocenters. The van der Waals surface area contributed by atoms with Crippen LogP contribution in [-0.4, -0.2) is 11.6 Å². The molecule has 4 aromatic rings. The van der Waals surface area contributed by atoms with E-state index in [1.807, 2.05) is 72.8 Å². The molecular weight excluding hydrogens is 571 g/mol. The van der Waals surface area contributed by atoms with Gasteiger partial charge in [-0.25, -0.2) is 0 Å². The molecule has 0 fully saturated rings. The third-order valence-electron chi connectivity index (χ3n) is 6.14. The van der Waals surface area contributed by atoms with Crippen molar-refractivity contribution in [3.8, 4) is 0 Å². The van der Waals surface area contributed by atoms with Crippen LogP contribution in [-0.2, 0) is 55.7 Å². The van der Waals surface area contributed by atoms with Crippen molar-refractivity contribution in [2.45, 2.75) is 51.4 Å². The molecule has 0 saturated carbocycles. The number of hydrogen-bond acceptors (Lipinski definition) is 2. The first-order valence-electron chi connectivity index (χ1n) is 12.9. The Hall–Kier alpha value is -3.12. The van der Waals surface area contributed by atoms with Crippen molar-refractivity contribution >= 4 is 11.6 Å². The summed E-state index contributed by atoms with van der Waals surface area (Å²) in [6.45, 7) is 0. The van der Waals surface area contributed by atoms with Gasteiger partial charge in [-0.2, -0.15) is 0 Å². The zero-order chi connectivity index (χ0) is 25.3. The molecule has 0 aromatic heterocycles. The number of Topliss-reactive ketones (excluding diaryl/α,β-unsaturated/α-hetero) is 2. The average molecular weight is 613 g/mol. The maximum Gasteiger partial charge on any atom is 2.00 e. The Labute approximate surface area is 250 Å². The van der Waals surface area contributed by atoms with Gasteiger partial charge in [0.2, 0.25) is 0 Å². The Kier molecular flexibility index (Phi) is 20.0. The maximum absolute atomic E-state index is 11.8. The van der Waals surface area contributed by atoms with Crippen LogP contribution in [0, 0.1) is 14.9 Å². The standard InChI is InChI=1S/2C17H18O.2CH3.Pd/c2*18-17(13-11-15-7-3-1-4-8-15)14-12-16-9-5-2-6-10-16;;;/h2*1-10H,11-14H2;2*1H3;/q;;2*-1;+2. The molecular formula is C36H42O2Pd. The molecule has 0 aliphatic carbocycles. The zero-order valence-corrected chi connectivity index (χ0v) is 24.9. The molecule has 0 bridgehead atoms. The van der Waals surface area contributed by atoms with E-state index < -0.39 is 0 Å². The van der Waals surface area contributed by atoms with E-state index in [2.05, 4.69) is 48.5 Å². The fourth-order valence-electron chi connectivity index (χ4n) is 3.96. The third kappa shape index (κ3) is 15.8. The van der Waals surface area contributed by atoms with Gasteiger partial charge in [-0.15, -0.1) is 0 Å². The van der Waals surface area contributed by atoms with Crippen molar-refractivity contribution in [2.24, 2.45) is 0 Å². The Balaban J connectivity index is 0.000000688. The van der Waals surface area contributed by atoms with Gasteiger partial charge in [0.05, 0.1) is 0 Å². The van der Waals surface area contributed by atoms with Crippen LogP contribution in [0.25, 0.3) is 0 Å². The van der Waals surface area contributed by atoms with Gasteiger partial charge in [0.25, 0.3) is 0 Å². The van der Waals surface area contributed by atoms with Crippen molar-refractivity contribution in [2.75, 3.05) is 0 Å². The van der Waals surface area contributed by atoms with Gasteiger partial charge < -0.3 is 14.9 Å². The second-order valence-corrected chi connectivity index (χ2v) is 9.02. The van der Waals surface area contributed by atoms with Crippen LogP contribution in [0.4, 0.5) is 0 Å². The molecule has 2 nitrogen and oxygen atoms in total. The van der Waals surface area contributed by atoms with Crippen LogP contribution in [0.2, 0.25) is 0 Å². The molecule has 208 valence electrons. The SMILES string of the molecule is O=C(CCc1ccccc1)CCc1ccccc1.O=C(CCc1ccccc1)CCc1ccccc1.[CH3-].[CH3-].[Pd+2]. The molecule has 0 N–H and O–H groups in total. The predicted octanol–water partition coefficient (Wildman–Crippen LogP) is 8.54. The summed E-state index contributed by atoms with van der Waals surface area (Å²) in [5.41, 5.74) is 4.97. The van der Waals surface area contributed by atoms with Crippen LogP contribution >= 0.6 is 0 Å². The molecule has 0 amide bonds. The van der Waals surface area contributed by atoms with Crippen molar-refractivity contribution in [3.63, 3.8) is 0 Å². The number of benzene rings is 4. The fourth-order valence-corrected chi connectivity index (χ4v) is 3.96. The minimum atomic E-state index is 0. The molecule has 3 heteroatoms. The average Bonchev–Trinajstić information content (AvgIpc) is 2.95. The van der Waals surface area contributed by atoms with Crippen molar-refractivity contribution in [3.05, 3.63) is 158 Å². The molecule has 4 rings (SSSR count). The third-order valence-corrected chi connectivity index (χ3v) is 6.14. The normalized spacial score (nSPS) is 9.44. The molecule has 0 aliphatic heterocycles. The molecule has 0 spiro atoms. The number of carbonyl (C=O) groups is 2. The molecule has 4 aromatic carbocycles. The summed E-state index contributed by atoms with van der Waals surface area (Å²) < 4.78 is 0. The van der Waals surface area contributed by atoms with E-state index in [9.17, 15) is 9.59 Å². The molecule has 0 atom stereocenters. The summed E-state index contributed by atoms with van der Waals surface area (Å²) >= 11 is 0. The van der Waals surface area contributed by atoms with E-state index in [0.717, 1.165) is 25.7 Å². The van der Waals surface area contributed by atoms with Crippen molar-refractivity contribution in [1.82, 2.24) is 0 Å². The van der Waals surface area contributed by atoms with Gasteiger partial charge in [-0.1, -0.05) is 121 Å². The van der Waals surface area contributed by atoms with Crippen LogP contribution in [0.5, 0.6) is 0 Å². The summed E-state index contributed by atoms with van der Waals surface area (Å²) in [6, 6.07) is 40.7. The van der Waals surface area contributed by atoms with E-state index in [0.29, 0.717) is 37.2 Å². The van der Waals surface area contributed by atoms with Crippen LogP contribution in [0.3, 0.4) is 0 Å². The van der Waals surface area contributed by atoms with E-state index in [-0.39, 0.29) is 35.3 Å². The van der Waals surface area contributed by atoms with E-state index >= 15 is 0 Å². The van der Waals surface area contributed by atoms with E-state index in [1.165, 1.54) is 22.3 Å². The smallest absolute Gasteiger partial charge is 0.358 e. The zero-order valence-electron chi connectivity index (χ0n) is 23.3. The van der Waals surface area contributed by atoms with Crippen LogP contribution in [0.15, 0.2) is 121 Å². The maximum atomic E-state index is 11.8. The molecule has 39 heavy (non-hydrogen) atoms. The molecule has 0 saturated heterocycles. The van der Waals surface area contributed by atoms with Gasteiger partial charge in [0.15, 0.2) is 0 Å². The van der Waals surface area contributed by atoms with Gasteiger partial charge in [-0.05, 0) is 47.9 Å². The second kappa shape index (κ2) is 21.8. The number of carbonyl (C=O) groups excluding carboxylic acids is 2. The van der Waals surface area contributed by atoms with Crippen LogP contribution in [0.1, 0.15) is 47.9 Å². The summed E-state index contributed by atoms with van der Waals surface area (Å²) in [5, 5.41) is 0. The fraction of sp³-hybridized carbons (Fsp3) is 0.222.